The molecule has 1 heterocycles. The van der Waals surface area contributed by atoms with Crippen molar-refractivity contribution in [1.29, 1.82) is 0 Å². The van der Waals surface area contributed by atoms with E-state index in [-0.39, 0.29) is 11.4 Å². The fourth-order valence-electron chi connectivity index (χ4n) is 1.51. The molecule has 0 saturated heterocycles. The zero-order valence-electron chi connectivity index (χ0n) is 8.74. The summed E-state index contributed by atoms with van der Waals surface area (Å²) in [5.74, 6) is 0. The molecule has 0 radical (unpaired) electrons. The van der Waals surface area contributed by atoms with Crippen molar-refractivity contribution in [3.63, 3.8) is 0 Å². The molecule has 2 rings (SSSR count). The molecular formula is C11H9N3O3. The lowest BCUT2D eigenvalue weighted by atomic mass is 10.2. The normalized spacial score (nSPS) is 10.1. The summed E-state index contributed by atoms with van der Waals surface area (Å²) in [5, 5.41) is 10.6. The van der Waals surface area contributed by atoms with Gasteiger partial charge in [-0.05, 0) is 18.2 Å². The number of nitro benzene ring substituents is 1. The van der Waals surface area contributed by atoms with Gasteiger partial charge >= 0.3 is 0 Å². The predicted octanol–water partition coefficient (Wildman–Crippen LogP) is 1.78. The molecule has 0 aliphatic rings. The van der Waals surface area contributed by atoms with Gasteiger partial charge in [-0.2, -0.15) is 0 Å². The van der Waals surface area contributed by atoms with E-state index in [2.05, 4.69) is 0 Å². The minimum atomic E-state index is -0.536. The number of benzene rings is 1. The molecule has 2 N–H and O–H groups in total. The van der Waals surface area contributed by atoms with Crippen LogP contribution in [-0.2, 0) is 0 Å². The van der Waals surface area contributed by atoms with Crippen LogP contribution in [0.2, 0.25) is 0 Å². The highest BCUT2D eigenvalue weighted by atomic mass is 16.6. The number of nitrogens with zero attached hydrogens (tertiary/aromatic N) is 2. The third-order valence-electron chi connectivity index (χ3n) is 2.36. The maximum Gasteiger partial charge on any atom is 0.292 e. The number of rotatable bonds is 3. The first-order valence-electron chi connectivity index (χ1n) is 4.79. The monoisotopic (exact) mass is 231 g/mol. The van der Waals surface area contributed by atoms with Crippen molar-refractivity contribution in [3.8, 4) is 5.69 Å². The number of carbonyl (C=O) groups excluding carboxylic acids is 1. The molecule has 0 unspecified atom stereocenters. The van der Waals surface area contributed by atoms with Crippen LogP contribution in [0, 0.1) is 10.1 Å². The first-order chi connectivity index (χ1) is 8.11. The van der Waals surface area contributed by atoms with Crippen LogP contribution in [0.3, 0.4) is 0 Å². The minimum Gasteiger partial charge on any atom is -0.393 e. The Morgan fingerprint density at radius 1 is 1.35 bits per heavy atom. The molecule has 0 bridgehead atoms. The maximum atomic E-state index is 10.6. The molecular weight excluding hydrogens is 222 g/mol. The number of anilines is 1. The maximum absolute atomic E-state index is 10.6. The number of nitrogen functional groups attached to an aromatic ring is 1. The highest BCUT2D eigenvalue weighted by Crippen LogP contribution is 2.24. The summed E-state index contributed by atoms with van der Waals surface area (Å²) in [6, 6.07) is 6.05. The largest absolute Gasteiger partial charge is 0.393 e. The van der Waals surface area contributed by atoms with E-state index < -0.39 is 4.92 Å². The first kappa shape index (κ1) is 10.9. The van der Waals surface area contributed by atoms with E-state index in [0.29, 0.717) is 11.3 Å². The van der Waals surface area contributed by atoms with Gasteiger partial charge in [0.15, 0.2) is 6.29 Å². The van der Waals surface area contributed by atoms with Gasteiger partial charge in [0.25, 0.3) is 5.69 Å². The lowest BCUT2D eigenvalue weighted by molar-refractivity contribution is -0.383. The molecule has 1 aromatic carbocycles. The fraction of sp³-hybridized carbons (Fsp3) is 0. The van der Waals surface area contributed by atoms with Crippen LogP contribution in [0.1, 0.15) is 10.4 Å². The highest BCUT2D eigenvalue weighted by Gasteiger charge is 2.11. The van der Waals surface area contributed by atoms with Crippen LogP contribution >= 0.6 is 0 Å². The van der Waals surface area contributed by atoms with Gasteiger partial charge in [0, 0.05) is 29.7 Å². The Kier molecular flexibility index (Phi) is 2.61. The van der Waals surface area contributed by atoms with Gasteiger partial charge in [-0.3, -0.25) is 14.9 Å². The van der Waals surface area contributed by atoms with Crippen molar-refractivity contribution in [2.24, 2.45) is 0 Å². The van der Waals surface area contributed by atoms with Crippen molar-refractivity contribution in [1.82, 2.24) is 4.57 Å². The van der Waals surface area contributed by atoms with Crippen LogP contribution in [0.4, 0.5) is 11.4 Å². The molecule has 17 heavy (non-hydrogen) atoms. The number of hydrogen-bond acceptors (Lipinski definition) is 4. The van der Waals surface area contributed by atoms with Crippen LogP contribution in [0.5, 0.6) is 0 Å². The Morgan fingerprint density at radius 2 is 2.12 bits per heavy atom. The number of aldehydes is 1. The molecule has 86 valence electrons. The molecule has 0 amide bonds. The average molecular weight is 231 g/mol. The Hall–Kier alpha value is -2.63. The SMILES string of the molecule is Nc1cc(-n2ccc(C=O)c2)ccc1[N+](=O)[O-]. The van der Waals surface area contributed by atoms with Gasteiger partial charge in [-0.25, -0.2) is 0 Å². The second-order valence-electron chi connectivity index (χ2n) is 3.47. The van der Waals surface area contributed by atoms with Crippen molar-refractivity contribution < 1.29 is 9.72 Å². The van der Waals surface area contributed by atoms with Crippen molar-refractivity contribution in [2.75, 3.05) is 5.73 Å². The van der Waals surface area contributed by atoms with Gasteiger partial charge in [0.2, 0.25) is 0 Å². The summed E-state index contributed by atoms with van der Waals surface area (Å²) in [7, 11) is 0. The molecule has 6 nitrogen and oxygen atoms in total. The quantitative estimate of drug-likeness (QED) is 0.377. The van der Waals surface area contributed by atoms with Crippen molar-refractivity contribution >= 4 is 17.7 Å². The van der Waals surface area contributed by atoms with Crippen molar-refractivity contribution in [3.05, 3.63) is 52.3 Å². The average Bonchev–Trinajstić information content (AvgIpc) is 2.76. The molecule has 0 spiro atoms. The number of aromatic nitrogens is 1. The van der Waals surface area contributed by atoms with Gasteiger partial charge in [0.1, 0.15) is 5.69 Å². The van der Waals surface area contributed by atoms with Gasteiger partial charge in [-0.1, -0.05) is 0 Å². The van der Waals surface area contributed by atoms with Gasteiger partial charge < -0.3 is 10.3 Å². The molecule has 0 fully saturated rings. The molecule has 0 atom stereocenters. The standard InChI is InChI=1S/C11H9N3O3/c12-10-5-9(1-2-11(10)14(16)17)13-4-3-8(6-13)7-15/h1-7H,12H2. The lowest BCUT2D eigenvalue weighted by Gasteiger charge is -2.04. The molecule has 2 aromatic rings. The third kappa shape index (κ3) is 2.00. The summed E-state index contributed by atoms with van der Waals surface area (Å²) >= 11 is 0. The molecule has 0 aliphatic heterocycles. The summed E-state index contributed by atoms with van der Waals surface area (Å²) in [4.78, 5) is 20.6. The Morgan fingerprint density at radius 3 is 2.65 bits per heavy atom. The third-order valence-corrected chi connectivity index (χ3v) is 2.36. The Balaban J connectivity index is 2.43. The first-order valence-corrected chi connectivity index (χ1v) is 4.79. The van der Waals surface area contributed by atoms with Crippen LogP contribution in [0.15, 0.2) is 36.7 Å². The number of nitrogens with two attached hydrogens (primary N) is 1. The van der Waals surface area contributed by atoms with Crippen molar-refractivity contribution in [2.45, 2.75) is 0 Å². The zero-order valence-corrected chi connectivity index (χ0v) is 8.74. The van der Waals surface area contributed by atoms with E-state index in [4.69, 9.17) is 5.73 Å². The molecule has 1 aromatic heterocycles. The summed E-state index contributed by atoms with van der Waals surface area (Å²) in [6.45, 7) is 0. The Bertz CT molecular complexity index is 589. The zero-order chi connectivity index (χ0) is 12.4. The van der Waals surface area contributed by atoms with Crippen LogP contribution < -0.4 is 5.73 Å². The van der Waals surface area contributed by atoms with Gasteiger partial charge in [-0.15, -0.1) is 0 Å². The number of carbonyl (C=O) groups is 1. The number of hydrogen-bond donors (Lipinski definition) is 1. The second-order valence-corrected chi connectivity index (χ2v) is 3.47. The minimum absolute atomic E-state index is 0.0915. The van der Waals surface area contributed by atoms with Crippen LogP contribution in [0.25, 0.3) is 5.69 Å². The Labute approximate surface area is 96.4 Å². The van der Waals surface area contributed by atoms with Crippen LogP contribution in [-0.4, -0.2) is 15.8 Å². The fourth-order valence-corrected chi connectivity index (χ4v) is 1.51. The van der Waals surface area contributed by atoms with E-state index in [0.717, 1.165) is 6.29 Å². The van der Waals surface area contributed by atoms with E-state index in [9.17, 15) is 14.9 Å². The van der Waals surface area contributed by atoms with Gasteiger partial charge in [0.05, 0.1) is 4.92 Å². The lowest BCUT2D eigenvalue weighted by Crippen LogP contribution is -1.98. The van der Waals surface area contributed by atoms with E-state index >= 15 is 0 Å². The summed E-state index contributed by atoms with van der Waals surface area (Å²) in [6.07, 6.45) is 4.03. The van der Waals surface area contributed by atoms with E-state index in [1.165, 1.54) is 12.1 Å². The van der Waals surface area contributed by atoms with E-state index in [1.807, 2.05) is 0 Å². The highest BCUT2D eigenvalue weighted by molar-refractivity contribution is 5.74. The molecule has 6 heteroatoms. The second kappa shape index (κ2) is 4.09. The van der Waals surface area contributed by atoms with E-state index in [1.54, 1.807) is 29.1 Å². The smallest absolute Gasteiger partial charge is 0.292 e. The predicted molar refractivity (Wildman–Crippen MR) is 62.2 cm³/mol. The number of nitro groups is 1. The molecule has 0 aliphatic carbocycles. The molecule has 0 saturated carbocycles. The summed E-state index contributed by atoms with van der Waals surface area (Å²) < 4.78 is 1.67. The summed E-state index contributed by atoms with van der Waals surface area (Å²) in [5.41, 5.74) is 6.74. The topological polar surface area (TPSA) is 91.2 Å².